The van der Waals surface area contributed by atoms with Crippen molar-refractivity contribution in [1.82, 2.24) is 10.3 Å². The van der Waals surface area contributed by atoms with Gasteiger partial charge in [-0.3, -0.25) is 4.79 Å². The summed E-state index contributed by atoms with van der Waals surface area (Å²) < 4.78 is 0. The molecule has 0 atom stereocenters. The van der Waals surface area contributed by atoms with Crippen LogP contribution in [-0.4, -0.2) is 29.1 Å². The van der Waals surface area contributed by atoms with E-state index in [1.807, 2.05) is 25.1 Å². The van der Waals surface area contributed by atoms with E-state index >= 15 is 0 Å². The molecule has 0 unspecified atom stereocenters. The molecule has 0 spiro atoms. The van der Waals surface area contributed by atoms with Gasteiger partial charge in [-0.15, -0.1) is 11.3 Å². The number of carbonyl (C=O) groups is 1. The second kappa shape index (κ2) is 7.17. The highest BCUT2D eigenvalue weighted by molar-refractivity contribution is 7.13. The molecule has 2 aromatic rings. The summed E-state index contributed by atoms with van der Waals surface area (Å²) in [6, 6.07) is 10.1. The van der Waals surface area contributed by atoms with Crippen LogP contribution in [0.25, 0.3) is 0 Å². The maximum atomic E-state index is 12.0. The predicted molar refractivity (Wildman–Crippen MR) is 80.1 cm³/mol. The van der Waals surface area contributed by atoms with E-state index in [0.717, 1.165) is 17.1 Å². The maximum Gasteiger partial charge on any atom is 0.263 e. The zero-order valence-electron chi connectivity index (χ0n) is 11.4. The van der Waals surface area contributed by atoms with Crippen molar-refractivity contribution in [2.24, 2.45) is 0 Å². The first-order valence-electron chi connectivity index (χ1n) is 6.60. The smallest absolute Gasteiger partial charge is 0.263 e. The van der Waals surface area contributed by atoms with Gasteiger partial charge < -0.3 is 10.4 Å². The highest BCUT2D eigenvalue weighted by Gasteiger charge is 2.14. The number of aromatic nitrogens is 1. The second-order valence-electron chi connectivity index (χ2n) is 4.52. The number of nitrogens with one attached hydrogen (secondary N) is 1. The first-order chi connectivity index (χ1) is 9.70. The first kappa shape index (κ1) is 14.7. The summed E-state index contributed by atoms with van der Waals surface area (Å²) in [5, 5.41) is 12.4. The average molecular weight is 290 g/mol. The van der Waals surface area contributed by atoms with Crippen LogP contribution >= 0.6 is 11.3 Å². The Bertz CT molecular complexity index is 567. The molecule has 0 radical (unpaired) electrons. The highest BCUT2D eigenvalue weighted by atomic mass is 32.1. The lowest BCUT2D eigenvalue weighted by atomic mass is 10.2. The molecule has 0 saturated heterocycles. The Balaban J connectivity index is 2.03. The predicted octanol–water partition coefficient (Wildman–Crippen LogP) is 2.15. The molecule has 0 bridgehead atoms. The van der Waals surface area contributed by atoms with E-state index in [1.54, 1.807) is 0 Å². The Morgan fingerprint density at radius 1 is 1.35 bits per heavy atom. The zero-order chi connectivity index (χ0) is 14.4. The molecular weight excluding hydrogens is 272 g/mol. The molecule has 4 nitrogen and oxygen atoms in total. The van der Waals surface area contributed by atoms with Gasteiger partial charge in [0.05, 0.1) is 10.7 Å². The van der Waals surface area contributed by atoms with Crippen LogP contribution in [0.3, 0.4) is 0 Å². The van der Waals surface area contributed by atoms with Crippen LogP contribution in [0.4, 0.5) is 0 Å². The Morgan fingerprint density at radius 3 is 2.80 bits per heavy atom. The topological polar surface area (TPSA) is 62.2 Å². The molecule has 106 valence electrons. The van der Waals surface area contributed by atoms with E-state index in [-0.39, 0.29) is 12.5 Å². The third kappa shape index (κ3) is 3.88. The van der Waals surface area contributed by atoms with Gasteiger partial charge in [-0.05, 0) is 18.9 Å². The molecule has 2 rings (SSSR count). The zero-order valence-corrected chi connectivity index (χ0v) is 12.2. The molecule has 20 heavy (non-hydrogen) atoms. The molecule has 0 aliphatic carbocycles. The van der Waals surface area contributed by atoms with E-state index in [4.69, 9.17) is 5.11 Å². The minimum absolute atomic E-state index is 0.0845. The van der Waals surface area contributed by atoms with Gasteiger partial charge in [0.25, 0.3) is 5.91 Å². The largest absolute Gasteiger partial charge is 0.396 e. The van der Waals surface area contributed by atoms with Gasteiger partial charge in [-0.25, -0.2) is 4.98 Å². The molecule has 0 aliphatic rings. The van der Waals surface area contributed by atoms with Gasteiger partial charge >= 0.3 is 0 Å². The standard InChI is InChI=1S/C15H18N2O2S/c1-11-14(15(19)16-8-5-9-18)20-13(17-11)10-12-6-3-2-4-7-12/h2-4,6-7,18H,5,8-10H2,1H3,(H,16,19). The van der Waals surface area contributed by atoms with E-state index in [0.29, 0.717) is 17.8 Å². The number of hydrogen-bond acceptors (Lipinski definition) is 4. The van der Waals surface area contributed by atoms with Crippen LogP contribution in [0.2, 0.25) is 0 Å². The Morgan fingerprint density at radius 2 is 2.10 bits per heavy atom. The average Bonchev–Trinajstić information content (AvgIpc) is 2.81. The lowest BCUT2D eigenvalue weighted by molar-refractivity contribution is 0.0954. The summed E-state index contributed by atoms with van der Waals surface area (Å²) in [5.41, 5.74) is 1.95. The summed E-state index contributed by atoms with van der Waals surface area (Å²) >= 11 is 1.43. The Labute approximate surface area is 122 Å². The van der Waals surface area contributed by atoms with Gasteiger partial charge in [0.15, 0.2) is 0 Å². The van der Waals surface area contributed by atoms with Crippen LogP contribution in [0.1, 0.15) is 32.4 Å². The number of amides is 1. The molecule has 1 aromatic heterocycles. The van der Waals surface area contributed by atoms with Crippen LogP contribution < -0.4 is 5.32 Å². The van der Waals surface area contributed by atoms with E-state index in [9.17, 15) is 4.79 Å². The molecule has 2 N–H and O–H groups in total. The fraction of sp³-hybridized carbons (Fsp3) is 0.333. The van der Waals surface area contributed by atoms with Crippen molar-refractivity contribution in [2.45, 2.75) is 19.8 Å². The summed E-state index contributed by atoms with van der Waals surface area (Å²) in [6.45, 7) is 2.42. The summed E-state index contributed by atoms with van der Waals surface area (Å²) in [5.74, 6) is -0.104. The third-order valence-electron chi connectivity index (χ3n) is 2.87. The fourth-order valence-corrected chi connectivity index (χ4v) is 2.89. The molecule has 1 aromatic carbocycles. The van der Waals surface area contributed by atoms with E-state index in [1.165, 1.54) is 16.9 Å². The van der Waals surface area contributed by atoms with Crippen molar-refractivity contribution in [1.29, 1.82) is 0 Å². The first-order valence-corrected chi connectivity index (χ1v) is 7.41. The molecule has 0 saturated carbocycles. The quantitative estimate of drug-likeness (QED) is 0.801. The van der Waals surface area contributed by atoms with Gasteiger partial charge in [0, 0.05) is 19.6 Å². The Hall–Kier alpha value is -1.72. The number of benzene rings is 1. The van der Waals surface area contributed by atoms with Crippen molar-refractivity contribution in [3.8, 4) is 0 Å². The lowest BCUT2D eigenvalue weighted by Crippen LogP contribution is -2.24. The summed E-state index contributed by atoms with van der Waals surface area (Å²) in [4.78, 5) is 17.1. The third-order valence-corrected chi connectivity index (χ3v) is 4.02. The van der Waals surface area contributed by atoms with Crippen LogP contribution in [0.5, 0.6) is 0 Å². The summed E-state index contributed by atoms with van der Waals surface area (Å²) in [7, 11) is 0. The van der Waals surface area contributed by atoms with Crippen LogP contribution in [-0.2, 0) is 6.42 Å². The molecular formula is C15H18N2O2S. The van der Waals surface area contributed by atoms with Gasteiger partial charge in [0.1, 0.15) is 4.88 Å². The second-order valence-corrected chi connectivity index (χ2v) is 5.60. The highest BCUT2D eigenvalue weighted by Crippen LogP contribution is 2.20. The number of hydrogen-bond donors (Lipinski definition) is 2. The number of carbonyl (C=O) groups excluding carboxylic acids is 1. The van der Waals surface area contributed by atoms with Crippen LogP contribution in [0, 0.1) is 6.92 Å². The van der Waals surface area contributed by atoms with Crippen molar-refractivity contribution in [3.63, 3.8) is 0 Å². The monoisotopic (exact) mass is 290 g/mol. The summed E-state index contributed by atoms with van der Waals surface area (Å²) in [6.07, 6.45) is 1.32. The molecule has 1 amide bonds. The number of aliphatic hydroxyl groups excluding tert-OH is 1. The fourth-order valence-electron chi connectivity index (χ4n) is 1.87. The lowest BCUT2D eigenvalue weighted by Gasteiger charge is -2.01. The Kier molecular flexibility index (Phi) is 5.26. The molecule has 5 heteroatoms. The maximum absolute atomic E-state index is 12.0. The minimum Gasteiger partial charge on any atom is -0.396 e. The van der Waals surface area contributed by atoms with Crippen molar-refractivity contribution in [2.75, 3.05) is 13.2 Å². The molecule has 0 fully saturated rings. The number of rotatable bonds is 6. The number of nitrogens with zero attached hydrogens (tertiary/aromatic N) is 1. The van der Waals surface area contributed by atoms with Crippen molar-refractivity contribution in [3.05, 3.63) is 51.5 Å². The number of thiazole rings is 1. The van der Waals surface area contributed by atoms with Gasteiger partial charge in [0.2, 0.25) is 0 Å². The molecule has 1 heterocycles. The number of aryl methyl sites for hydroxylation is 1. The normalized spacial score (nSPS) is 10.5. The van der Waals surface area contributed by atoms with E-state index in [2.05, 4.69) is 22.4 Å². The van der Waals surface area contributed by atoms with Gasteiger partial charge in [-0.2, -0.15) is 0 Å². The van der Waals surface area contributed by atoms with Crippen LogP contribution in [0.15, 0.2) is 30.3 Å². The van der Waals surface area contributed by atoms with Crippen molar-refractivity contribution < 1.29 is 9.90 Å². The minimum atomic E-state index is -0.104. The van der Waals surface area contributed by atoms with Crippen molar-refractivity contribution >= 4 is 17.2 Å². The van der Waals surface area contributed by atoms with E-state index < -0.39 is 0 Å². The van der Waals surface area contributed by atoms with Gasteiger partial charge in [-0.1, -0.05) is 30.3 Å². The molecule has 0 aliphatic heterocycles. The number of aliphatic hydroxyl groups is 1. The SMILES string of the molecule is Cc1nc(Cc2ccccc2)sc1C(=O)NCCCO.